The van der Waals surface area contributed by atoms with E-state index in [1.807, 2.05) is 0 Å². The molecule has 0 radical (unpaired) electrons. The van der Waals surface area contributed by atoms with Gasteiger partial charge in [0.25, 0.3) is 0 Å². The van der Waals surface area contributed by atoms with Gasteiger partial charge >= 0.3 is 0 Å². The number of thiol groups is 1. The molecular weight excluding hydrogens is 262 g/mol. The van der Waals surface area contributed by atoms with Gasteiger partial charge in [-0.3, -0.25) is 0 Å². The maximum Gasteiger partial charge on any atom is 0.216 e. The molecule has 0 aliphatic rings. The monoisotopic (exact) mass is 291 g/mol. The van der Waals surface area contributed by atoms with Crippen LogP contribution in [0.1, 0.15) is 47.0 Å². The third-order valence-electron chi connectivity index (χ3n) is 3.32. The van der Waals surface area contributed by atoms with Gasteiger partial charge in [-0.2, -0.15) is 0 Å². The van der Waals surface area contributed by atoms with Gasteiger partial charge in [-0.15, -0.1) is 0 Å². The molecule has 0 atom stereocenters. The van der Waals surface area contributed by atoms with Crippen LogP contribution in [0.3, 0.4) is 0 Å². The van der Waals surface area contributed by atoms with Crippen molar-refractivity contribution in [3.05, 3.63) is 0 Å². The SMILES string of the molecule is CC(C)CC(CCOC(=S)S)(CC(C)C)N(C)C. The van der Waals surface area contributed by atoms with Gasteiger partial charge in [-0.25, -0.2) is 0 Å². The summed E-state index contributed by atoms with van der Waals surface area (Å²) in [6.07, 6.45) is 3.36. The molecule has 0 aliphatic heterocycles. The number of ether oxygens (including phenoxy) is 1. The van der Waals surface area contributed by atoms with Gasteiger partial charge in [0.05, 0.1) is 6.61 Å². The zero-order chi connectivity index (χ0) is 14.3. The smallest absolute Gasteiger partial charge is 0.216 e. The molecule has 0 spiro atoms. The van der Waals surface area contributed by atoms with Crippen molar-refractivity contribution in [2.45, 2.75) is 52.5 Å². The Balaban J connectivity index is 4.77. The van der Waals surface area contributed by atoms with Crippen LogP contribution in [0.5, 0.6) is 0 Å². The molecule has 0 bridgehead atoms. The Morgan fingerprint density at radius 2 is 1.61 bits per heavy atom. The maximum absolute atomic E-state index is 5.38. The van der Waals surface area contributed by atoms with Crippen LogP contribution in [0.25, 0.3) is 0 Å². The first kappa shape index (κ1) is 18.2. The summed E-state index contributed by atoms with van der Waals surface area (Å²) in [6, 6.07) is 0. The molecule has 2 nitrogen and oxygen atoms in total. The highest BCUT2D eigenvalue weighted by Crippen LogP contribution is 2.32. The van der Waals surface area contributed by atoms with Crippen molar-refractivity contribution in [3.63, 3.8) is 0 Å². The lowest BCUT2D eigenvalue weighted by Gasteiger charge is -2.43. The van der Waals surface area contributed by atoms with Crippen LogP contribution in [0.4, 0.5) is 0 Å². The Morgan fingerprint density at radius 3 is 1.89 bits per heavy atom. The number of nitrogens with zero attached hydrogens (tertiary/aromatic N) is 1. The Kier molecular flexibility index (Phi) is 8.48. The van der Waals surface area contributed by atoms with Crippen LogP contribution in [0.15, 0.2) is 0 Å². The van der Waals surface area contributed by atoms with E-state index >= 15 is 0 Å². The number of rotatable bonds is 8. The minimum Gasteiger partial charge on any atom is -0.479 e. The van der Waals surface area contributed by atoms with E-state index in [0.717, 1.165) is 6.42 Å². The molecule has 4 heteroatoms. The lowest BCUT2D eigenvalue weighted by atomic mass is 9.78. The molecule has 0 saturated carbocycles. The van der Waals surface area contributed by atoms with Crippen LogP contribution in [0, 0.1) is 11.8 Å². The van der Waals surface area contributed by atoms with Gasteiger partial charge < -0.3 is 9.64 Å². The first-order chi connectivity index (χ1) is 8.19. The first-order valence-electron chi connectivity index (χ1n) is 6.73. The fourth-order valence-electron chi connectivity index (χ4n) is 2.72. The minimum absolute atomic E-state index is 0.195. The highest BCUT2D eigenvalue weighted by Gasteiger charge is 2.33. The molecule has 0 heterocycles. The second kappa shape index (κ2) is 8.39. The van der Waals surface area contributed by atoms with Crippen molar-refractivity contribution < 1.29 is 4.74 Å². The van der Waals surface area contributed by atoms with Crippen LogP contribution in [-0.4, -0.2) is 35.5 Å². The van der Waals surface area contributed by atoms with E-state index in [9.17, 15) is 0 Å². The Bertz CT molecular complexity index is 242. The van der Waals surface area contributed by atoms with Gasteiger partial charge in [0.15, 0.2) is 0 Å². The van der Waals surface area contributed by atoms with Crippen molar-refractivity contribution >= 4 is 29.2 Å². The number of hydrogen-bond acceptors (Lipinski definition) is 3. The third kappa shape index (κ3) is 6.95. The molecule has 0 aliphatic carbocycles. The maximum atomic E-state index is 5.38. The molecule has 0 fully saturated rings. The van der Waals surface area contributed by atoms with Crippen molar-refractivity contribution in [1.82, 2.24) is 4.90 Å². The summed E-state index contributed by atoms with van der Waals surface area (Å²) < 4.78 is 5.72. The molecule has 0 rings (SSSR count). The normalized spacial score (nSPS) is 12.6. The quantitative estimate of drug-likeness (QED) is 0.536. The molecule has 0 amide bonds. The molecule has 0 aromatic rings. The summed E-state index contributed by atoms with van der Waals surface area (Å²) in [7, 11) is 4.34. The van der Waals surface area contributed by atoms with E-state index in [0.29, 0.717) is 22.8 Å². The highest BCUT2D eigenvalue weighted by molar-refractivity contribution is 8.10. The molecular formula is C14H29NOS2. The summed E-state index contributed by atoms with van der Waals surface area (Å²) in [5.74, 6) is 1.35. The fourth-order valence-corrected chi connectivity index (χ4v) is 2.90. The number of thiocarbonyl (C=S) groups is 1. The first-order valence-corrected chi connectivity index (χ1v) is 7.58. The van der Waals surface area contributed by atoms with Crippen LogP contribution in [0.2, 0.25) is 0 Å². The third-order valence-corrected chi connectivity index (χ3v) is 3.57. The van der Waals surface area contributed by atoms with Crippen LogP contribution < -0.4 is 0 Å². The molecule has 0 N–H and O–H groups in total. The predicted molar refractivity (Wildman–Crippen MR) is 87.5 cm³/mol. The summed E-state index contributed by atoms with van der Waals surface area (Å²) in [4.78, 5) is 2.36. The average Bonchev–Trinajstić information content (AvgIpc) is 2.13. The van der Waals surface area contributed by atoms with E-state index in [1.54, 1.807) is 0 Å². The van der Waals surface area contributed by atoms with Gasteiger partial charge in [-0.1, -0.05) is 40.3 Å². The van der Waals surface area contributed by atoms with Gasteiger partial charge in [0.2, 0.25) is 4.38 Å². The van der Waals surface area contributed by atoms with Crippen molar-refractivity contribution in [3.8, 4) is 0 Å². The fraction of sp³-hybridized carbons (Fsp3) is 0.929. The molecule has 108 valence electrons. The lowest BCUT2D eigenvalue weighted by molar-refractivity contribution is 0.0683. The van der Waals surface area contributed by atoms with E-state index < -0.39 is 0 Å². The highest BCUT2D eigenvalue weighted by atomic mass is 32.1. The van der Waals surface area contributed by atoms with Crippen molar-refractivity contribution in [2.24, 2.45) is 11.8 Å². The standard InChI is InChI=1S/C14H29NOS2/c1-11(2)9-14(15(5)6,10-12(3)4)7-8-16-13(17)18/h11-12H,7-10H2,1-6H3,(H,17,18). The average molecular weight is 292 g/mol. The van der Waals surface area contributed by atoms with E-state index in [2.05, 4.69) is 59.3 Å². The van der Waals surface area contributed by atoms with E-state index in [1.165, 1.54) is 12.8 Å². The molecule has 0 saturated heterocycles. The second-order valence-corrected chi connectivity index (χ2v) is 7.26. The van der Waals surface area contributed by atoms with Crippen molar-refractivity contribution in [1.29, 1.82) is 0 Å². The van der Waals surface area contributed by atoms with Gasteiger partial charge in [-0.05, 0) is 57.4 Å². The predicted octanol–water partition coefficient (Wildman–Crippen LogP) is 4.00. The Morgan fingerprint density at radius 1 is 1.17 bits per heavy atom. The van der Waals surface area contributed by atoms with Crippen molar-refractivity contribution in [2.75, 3.05) is 20.7 Å². The summed E-state index contributed by atoms with van der Waals surface area (Å²) in [5, 5.41) is 0. The second-order valence-electron chi connectivity index (χ2n) is 6.18. The number of hydrogen-bond donors (Lipinski definition) is 1. The largest absolute Gasteiger partial charge is 0.479 e. The lowest BCUT2D eigenvalue weighted by Crippen LogP contribution is -2.47. The van der Waals surface area contributed by atoms with E-state index in [4.69, 9.17) is 17.0 Å². The zero-order valence-corrected chi connectivity index (χ0v) is 14.4. The molecule has 0 aromatic carbocycles. The van der Waals surface area contributed by atoms with Crippen LogP contribution in [-0.2, 0) is 4.74 Å². The topological polar surface area (TPSA) is 12.5 Å². The zero-order valence-electron chi connectivity index (χ0n) is 12.7. The summed E-state index contributed by atoms with van der Waals surface area (Å²) >= 11 is 8.87. The summed E-state index contributed by atoms with van der Waals surface area (Å²) in [5.41, 5.74) is 0.195. The Hall–Kier alpha value is 0.200. The minimum atomic E-state index is 0.195. The van der Waals surface area contributed by atoms with E-state index in [-0.39, 0.29) is 5.54 Å². The van der Waals surface area contributed by atoms with Gasteiger partial charge in [0.1, 0.15) is 0 Å². The molecule has 0 aromatic heterocycles. The Labute approximate surface area is 124 Å². The molecule has 18 heavy (non-hydrogen) atoms. The van der Waals surface area contributed by atoms with Gasteiger partial charge in [0, 0.05) is 5.54 Å². The summed E-state index contributed by atoms with van der Waals surface area (Å²) in [6.45, 7) is 9.77. The van der Waals surface area contributed by atoms with Crippen LogP contribution >= 0.6 is 24.8 Å². The molecule has 0 unspecified atom stereocenters.